The molecule has 0 bridgehead atoms. The van der Waals surface area contributed by atoms with Crippen LogP contribution in [0, 0.1) is 0 Å². The molecule has 0 aliphatic carbocycles. The van der Waals surface area contributed by atoms with E-state index in [1.807, 2.05) is 20.8 Å². The molecule has 7 heteroatoms. The van der Waals surface area contributed by atoms with Gasteiger partial charge in [0.05, 0.1) is 6.04 Å². The number of rotatable bonds is 1. The lowest BCUT2D eigenvalue weighted by Crippen LogP contribution is -2.37. The van der Waals surface area contributed by atoms with E-state index in [9.17, 15) is 9.59 Å². The molecule has 0 spiro atoms. The maximum absolute atomic E-state index is 12.3. The highest BCUT2D eigenvalue weighted by molar-refractivity contribution is 5.69. The Hall–Kier alpha value is -2.31. The second-order valence-electron chi connectivity index (χ2n) is 6.51. The van der Waals surface area contributed by atoms with Gasteiger partial charge in [-0.25, -0.2) is 9.31 Å². The molecule has 3 rings (SSSR count). The van der Waals surface area contributed by atoms with Crippen LogP contribution in [0.5, 0.6) is 0 Å². The molecule has 2 aromatic heterocycles. The standard InChI is InChI=1S/C15H20N4O3/c1-15(2,3)22-14(21)18-8-4-6-10(18)12-16-13(20)11-7-5-9-19(11)17-12/h5,7,9-10H,4,6,8H2,1-3H3,(H,16,17,20). The number of nitrogens with one attached hydrogen (secondary N) is 1. The highest BCUT2D eigenvalue weighted by atomic mass is 16.6. The molecule has 1 aliphatic heterocycles. The number of carbonyl (C=O) groups excluding carboxylic acids is 1. The Morgan fingerprint density at radius 1 is 1.45 bits per heavy atom. The van der Waals surface area contributed by atoms with Gasteiger partial charge >= 0.3 is 6.09 Å². The smallest absolute Gasteiger partial charge is 0.410 e. The van der Waals surface area contributed by atoms with Crippen molar-refractivity contribution in [3.05, 3.63) is 34.5 Å². The molecule has 1 N–H and O–H groups in total. The lowest BCUT2D eigenvalue weighted by atomic mass is 10.2. The summed E-state index contributed by atoms with van der Waals surface area (Å²) in [5, 5.41) is 4.42. The Bertz CT molecular complexity index is 756. The minimum atomic E-state index is -0.546. The first kappa shape index (κ1) is 14.6. The first-order valence-corrected chi connectivity index (χ1v) is 7.42. The van der Waals surface area contributed by atoms with Gasteiger partial charge in [-0.05, 0) is 45.7 Å². The van der Waals surface area contributed by atoms with Crippen LogP contribution in [-0.2, 0) is 4.74 Å². The van der Waals surface area contributed by atoms with Gasteiger partial charge in [-0.1, -0.05) is 0 Å². The van der Waals surface area contributed by atoms with E-state index in [0.29, 0.717) is 17.9 Å². The number of hydrogen-bond donors (Lipinski definition) is 1. The maximum Gasteiger partial charge on any atom is 0.410 e. The van der Waals surface area contributed by atoms with E-state index in [-0.39, 0.29) is 17.7 Å². The number of aromatic amines is 1. The number of carbonyl (C=O) groups is 1. The van der Waals surface area contributed by atoms with Crippen molar-refractivity contribution in [2.45, 2.75) is 45.3 Å². The number of fused-ring (bicyclic) bond motifs is 1. The van der Waals surface area contributed by atoms with Crippen molar-refractivity contribution < 1.29 is 9.53 Å². The zero-order chi connectivity index (χ0) is 15.9. The fourth-order valence-corrected chi connectivity index (χ4v) is 2.70. The van der Waals surface area contributed by atoms with Gasteiger partial charge in [-0.3, -0.25) is 9.69 Å². The van der Waals surface area contributed by atoms with E-state index >= 15 is 0 Å². The zero-order valence-electron chi connectivity index (χ0n) is 13.0. The monoisotopic (exact) mass is 304 g/mol. The van der Waals surface area contributed by atoms with Gasteiger partial charge in [0.2, 0.25) is 0 Å². The summed E-state index contributed by atoms with van der Waals surface area (Å²) in [6.45, 7) is 6.11. The number of amides is 1. The summed E-state index contributed by atoms with van der Waals surface area (Å²) >= 11 is 0. The topological polar surface area (TPSA) is 79.7 Å². The molecule has 1 aliphatic rings. The van der Waals surface area contributed by atoms with Crippen LogP contribution in [0.15, 0.2) is 23.1 Å². The van der Waals surface area contributed by atoms with Gasteiger partial charge in [0.1, 0.15) is 11.1 Å². The van der Waals surface area contributed by atoms with Gasteiger partial charge in [-0.15, -0.1) is 0 Å². The van der Waals surface area contributed by atoms with Crippen LogP contribution in [0.25, 0.3) is 5.52 Å². The third-order valence-electron chi connectivity index (χ3n) is 3.61. The fraction of sp³-hybridized carbons (Fsp3) is 0.533. The molecule has 0 saturated carbocycles. The first-order valence-electron chi connectivity index (χ1n) is 7.42. The van der Waals surface area contributed by atoms with E-state index < -0.39 is 5.60 Å². The Morgan fingerprint density at radius 3 is 2.95 bits per heavy atom. The van der Waals surface area contributed by atoms with Crippen molar-refractivity contribution >= 4 is 11.6 Å². The van der Waals surface area contributed by atoms with E-state index in [2.05, 4.69) is 10.1 Å². The highest BCUT2D eigenvalue weighted by Crippen LogP contribution is 2.30. The number of nitrogens with zero attached hydrogens (tertiary/aromatic N) is 3. The average molecular weight is 304 g/mol. The number of hydrogen-bond acceptors (Lipinski definition) is 4. The molecule has 1 fully saturated rings. The molecule has 1 unspecified atom stereocenters. The molecule has 1 amide bonds. The average Bonchev–Trinajstić information content (AvgIpc) is 3.05. The summed E-state index contributed by atoms with van der Waals surface area (Å²) in [6.07, 6.45) is 2.97. The maximum atomic E-state index is 12.3. The third-order valence-corrected chi connectivity index (χ3v) is 3.61. The van der Waals surface area contributed by atoms with Crippen molar-refractivity contribution in [2.75, 3.05) is 6.54 Å². The van der Waals surface area contributed by atoms with Crippen LogP contribution in [0.2, 0.25) is 0 Å². The molecular formula is C15H20N4O3. The van der Waals surface area contributed by atoms with Crippen LogP contribution in [0.4, 0.5) is 4.79 Å². The van der Waals surface area contributed by atoms with Crippen molar-refractivity contribution in [1.82, 2.24) is 19.5 Å². The van der Waals surface area contributed by atoms with Gasteiger partial charge in [0.25, 0.3) is 5.56 Å². The lowest BCUT2D eigenvalue weighted by molar-refractivity contribution is 0.0217. The molecule has 3 heterocycles. The number of aromatic nitrogens is 3. The number of ether oxygens (including phenoxy) is 1. The SMILES string of the molecule is CC(C)(C)OC(=O)N1CCCC1c1nn2cccc2c(=O)[nH]1. The summed E-state index contributed by atoms with van der Waals surface area (Å²) in [4.78, 5) is 28.8. The quantitative estimate of drug-likeness (QED) is 0.875. The van der Waals surface area contributed by atoms with Crippen LogP contribution in [0.1, 0.15) is 45.5 Å². The molecule has 7 nitrogen and oxygen atoms in total. The Kier molecular flexibility index (Phi) is 3.42. The summed E-state index contributed by atoms with van der Waals surface area (Å²) in [6, 6.07) is 3.21. The van der Waals surface area contributed by atoms with Crippen molar-refractivity contribution in [3.8, 4) is 0 Å². The van der Waals surface area contributed by atoms with Crippen molar-refractivity contribution in [2.24, 2.45) is 0 Å². The number of likely N-dealkylation sites (tertiary alicyclic amines) is 1. The van der Waals surface area contributed by atoms with Crippen LogP contribution < -0.4 is 5.56 Å². The van der Waals surface area contributed by atoms with Gasteiger partial charge in [-0.2, -0.15) is 5.10 Å². The van der Waals surface area contributed by atoms with E-state index in [1.165, 1.54) is 0 Å². The molecule has 22 heavy (non-hydrogen) atoms. The summed E-state index contributed by atoms with van der Waals surface area (Å²) in [5.74, 6) is 0.497. The van der Waals surface area contributed by atoms with E-state index in [1.54, 1.807) is 27.7 Å². The minimum absolute atomic E-state index is 0.203. The third kappa shape index (κ3) is 2.70. The van der Waals surface area contributed by atoms with Crippen LogP contribution >= 0.6 is 0 Å². The number of H-pyrrole nitrogens is 1. The van der Waals surface area contributed by atoms with E-state index in [4.69, 9.17) is 4.74 Å². The van der Waals surface area contributed by atoms with Crippen molar-refractivity contribution in [1.29, 1.82) is 0 Å². The first-order chi connectivity index (χ1) is 10.3. The Labute approximate surface area is 127 Å². The Balaban J connectivity index is 1.91. The lowest BCUT2D eigenvalue weighted by Gasteiger charge is -2.28. The minimum Gasteiger partial charge on any atom is -0.444 e. The zero-order valence-corrected chi connectivity index (χ0v) is 13.0. The summed E-state index contributed by atoms with van der Waals surface area (Å²) < 4.78 is 6.98. The van der Waals surface area contributed by atoms with Crippen LogP contribution in [-0.4, -0.2) is 37.7 Å². The molecule has 2 aromatic rings. The van der Waals surface area contributed by atoms with Gasteiger partial charge in [0.15, 0.2) is 5.82 Å². The van der Waals surface area contributed by atoms with E-state index in [0.717, 1.165) is 12.8 Å². The highest BCUT2D eigenvalue weighted by Gasteiger charge is 2.35. The van der Waals surface area contributed by atoms with Gasteiger partial charge < -0.3 is 9.72 Å². The molecule has 0 aromatic carbocycles. The largest absolute Gasteiger partial charge is 0.444 e. The van der Waals surface area contributed by atoms with Crippen molar-refractivity contribution in [3.63, 3.8) is 0 Å². The predicted molar refractivity (Wildman–Crippen MR) is 80.7 cm³/mol. The second kappa shape index (κ2) is 5.15. The summed E-state index contributed by atoms with van der Waals surface area (Å²) in [5.41, 5.74) is -0.258. The second-order valence-corrected chi connectivity index (χ2v) is 6.51. The van der Waals surface area contributed by atoms with Crippen LogP contribution in [0.3, 0.4) is 0 Å². The molecule has 1 atom stereocenters. The molecular weight excluding hydrogens is 284 g/mol. The summed E-state index contributed by atoms with van der Waals surface area (Å²) in [7, 11) is 0. The normalized spacial score (nSPS) is 18.9. The van der Waals surface area contributed by atoms with Gasteiger partial charge in [0, 0.05) is 12.7 Å². The fourth-order valence-electron chi connectivity index (χ4n) is 2.70. The molecule has 1 saturated heterocycles. The Morgan fingerprint density at radius 2 is 2.23 bits per heavy atom. The predicted octanol–water partition coefficient (Wildman–Crippen LogP) is 2.09. The molecule has 118 valence electrons. The molecule has 0 radical (unpaired) electrons.